The van der Waals surface area contributed by atoms with Gasteiger partial charge in [-0.3, -0.25) is 14.7 Å². The molecule has 1 aromatic heterocycles. The largest absolute Gasteiger partial charge is 0.383 e. The van der Waals surface area contributed by atoms with Crippen molar-refractivity contribution < 1.29 is 9.53 Å². The molecule has 0 aromatic carbocycles. The van der Waals surface area contributed by atoms with E-state index in [0.717, 1.165) is 51.1 Å². The minimum Gasteiger partial charge on any atom is -0.383 e. The van der Waals surface area contributed by atoms with Crippen molar-refractivity contribution in [3.05, 3.63) is 30.1 Å². The number of nitrogens with zero attached hydrogens (tertiary/aromatic N) is 3. The number of piperidine rings is 1. The van der Waals surface area contributed by atoms with Crippen LogP contribution in [0.15, 0.2) is 24.5 Å². The molecule has 5 heteroatoms. The molecule has 0 aliphatic carbocycles. The van der Waals surface area contributed by atoms with Crippen molar-refractivity contribution in [2.24, 2.45) is 0 Å². The van der Waals surface area contributed by atoms with Crippen LogP contribution in [0.4, 0.5) is 0 Å². The number of methoxy groups -OCH3 is 1. The minimum atomic E-state index is 0.0128. The van der Waals surface area contributed by atoms with Crippen LogP contribution < -0.4 is 0 Å². The normalized spacial score (nSPS) is 26.0. The highest BCUT2D eigenvalue weighted by atomic mass is 16.5. The summed E-state index contributed by atoms with van der Waals surface area (Å²) in [6.07, 6.45) is 7.57. The average molecular weight is 303 g/mol. The van der Waals surface area contributed by atoms with Crippen LogP contribution in [0.5, 0.6) is 0 Å². The highest BCUT2D eigenvalue weighted by molar-refractivity contribution is 5.79. The van der Waals surface area contributed by atoms with Gasteiger partial charge in [-0.15, -0.1) is 0 Å². The Morgan fingerprint density at radius 3 is 3.09 bits per heavy atom. The van der Waals surface area contributed by atoms with Crippen LogP contribution >= 0.6 is 0 Å². The fraction of sp³-hybridized carbons (Fsp3) is 0.647. The Morgan fingerprint density at radius 2 is 2.32 bits per heavy atom. The summed E-state index contributed by atoms with van der Waals surface area (Å²) >= 11 is 0. The maximum Gasteiger partial charge on any atom is 0.223 e. The lowest BCUT2D eigenvalue weighted by Gasteiger charge is -2.46. The summed E-state index contributed by atoms with van der Waals surface area (Å²) in [4.78, 5) is 21.2. The maximum absolute atomic E-state index is 12.4. The van der Waals surface area contributed by atoms with E-state index in [0.29, 0.717) is 13.0 Å². The van der Waals surface area contributed by atoms with Gasteiger partial charge in [-0.25, -0.2) is 0 Å². The first-order chi connectivity index (χ1) is 10.7. The number of pyridine rings is 1. The molecule has 1 aromatic rings. The molecule has 0 radical (unpaired) electrons. The van der Waals surface area contributed by atoms with Crippen LogP contribution in [0.1, 0.15) is 31.2 Å². The zero-order valence-corrected chi connectivity index (χ0v) is 13.3. The van der Waals surface area contributed by atoms with Crippen molar-refractivity contribution >= 4 is 5.91 Å². The Bertz CT molecular complexity index is 508. The smallest absolute Gasteiger partial charge is 0.223 e. The molecule has 1 amide bonds. The quantitative estimate of drug-likeness (QED) is 0.830. The number of carbonyl (C=O) groups excluding carboxylic acids is 1. The van der Waals surface area contributed by atoms with Crippen LogP contribution in [0.25, 0.3) is 0 Å². The monoisotopic (exact) mass is 303 g/mol. The maximum atomic E-state index is 12.4. The Hall–Kier alpha value is -1.46. The number of hydrogen-bond acceptors (Lipinski definition) is 4. The molecule has 1 unspecified atom stereocenters. The van der Waals surface area contributed by atoms with Crippen LogP contribution in [-0.2, 0) is 16.1 Å². The molecule has 3 heterocycles. The molecule has 22 heavy (non-hydrogen) atoms. The van der Waals surface area contributed by atoms with Gasteiger partial charge in [0.25, 0.3) is 0 Å². The molecule has 3 rings (SSSR count). The van der Waals surface area contributed by atoms with Crippen molar-refractivity contribution in [2.75, 3.05) is 33.4 Å². The van der Waals surface area contributed by atoms with Crippen LogP contribution in [-0.4, -0.2) is 59.6 Å². The van der Waals surface area contributed by atoms with E-state index < -0.39 is 0 Å². The molecular formula is C17H25N3O2. The predicted octanol–water partition coefficient (Wildman–Crippen LogP) is 1.68. The summed E-state index contributed by atoms with van der Waals surface area (Å²) in [6.45, 7) is 4.48. The lowest BCUT2D eigenvalue weighted by molar-refractivity contribution is -0.133. The fourth-order valence-corrected chi connectivity index (χ4v) is 3.85. The van der Waals surface area contributed by atoms with Crippen LogP contribution in [0.2, 0.25) is 0 Å². The molecule has 0 saturated carbocycles. The van der Waals surface area contributed by atoms with Gasteiger partial charge >= 0.3 is 0 Å². The molecule has 2 aliphatic heterocycles. The third-order valence-corrected chi connectivity index (χ3v) is 4.99. The van der Waals surface area contributed by atoms with E-state index in [4.69, 9.17) is 4.74 Å². The van der Waals surface area contributed by atoms with Crippen LogP contribution in [0, 0.1) is 0 Å². The number of amides is 1. The fourth-order valence-electron chi connectivity index (χ4n) is 3.85. The Kier molecular flexibility index (Phi) is 4.74. The minimum absolute atomic E-state index is 0.0128. The summed E-state index contributed by atoms with van der Waals surface area (Å²) in [5.41, 5.74) is 1.13. The van der Waals surface area contributed by atoms with Gasteiger partial charge in [0.2, 0.25) is 5.91 Å². The molecule has 0 N–H and O–H groups in total. The third kappa shape index (κ3) is 3.15. The van der Waals surface area contributed by atoms with E-state index in [1.165, 1.54) is 0 Å². The molecule has 2 fully saturated rings. The molecule has 120 valence electrons. The summed E-state index contributed by atoms with van der Waals surface area (Å²) < 4.78 is 5.21. The summed E-state index contributed by atoms with van der Waals surface area (Å²) in [7, 11) is 1.74. The molecule has 1 atom stereocenters. The third-order valence-electron chi connectivity index (χ3n) is 4.99. The van der Waals surface area contributed by atoms with E-state index in [1.54, 1.807) is 13.3 Å². The zero-order valence-electron chi connectivity index (χ0n) is 13.3. The number of aromatic nitrogens is 1. The highest BCUT2D eigenvalue weighted by Gasteiger charge is 2.47. The predicted molar refractivity (Wildman–Crippen MR) is 84.3 cm³/mol. The molecule has 0 bridgehead atoms. The van der Waals surface area contributed by atoms with Gasteiger partial charge < -0.3 is 9.64 Å². The van der Waals surface area contributed by atoms with Crippen molar-refractivity contribution in [1.82, 2.24) is 14.8 Å². The van der Waals surface area contributed by atoms with Crippen molar-refractivity contribution in [3.8, 4) is 0 Å². The van der Waals surface area contributed by atoms with E-state index in [-0.39, 0.29) is 11.4 Å². The second kappa shape index (κ2) is 6.75. The van der Waals surface area contributed by atoms with Gasteiger partial charge in [-0.05, 0) is 37.4 Å². The van der Waals surface area contributed by atoms with E-state index in [9.17, 15) is 4.79 Å². The average Bonchev–Trinajstić information content (AvgIpc) is 2.83. The molecule has 2 aliphatic rings. The number of hydrogen-bond donors (Lipinski definition) is 0. The molecule has 5 nitrogen and oxygen atoms in total. The van der Waals surface area contributed by atoms with Crippen LogP contribution in [0.3, 0.4) is 0 Å². The van der Waals surface area contributed by atoms with Gasteiger partial charge in [-0.2, -0.15) is 0 Å². The molecule has 1 spiro atoms. The van der Waals surface area contributed by atoms with Gasteiger partial charge in [0.15, 0.2) is 0 Å². The highest BCUT2D eigenvalue weighted by Crippen LogP contribution is 2.38. The molecule has 2 saturated heterocycles. The Morgan fingerprint density at radius 1 is 1.41 bits per heavy atom. The summed E-state index contributed by atoms with van der Waals surface area (Å²) in [6, 6.07) is 3.99. The summed E-state index contributed by atoms with van der Waals surface area (Å²) in [5, 5.41) is 0. The van der Waals surface area contributed by atoms with Crippen molar-refractivity contribution in [1.29, 1.82) is 0 Å². The molecular weight excluding hydrogens is 278 g/mol. The second-order valence-electron chi connectivity index (χ2n) is 6.44. The van der Waals surface area contributed by atoms with Crippen molar-refractivity contribution in [3.63, 3.8) is 0 Å². The Balaban J connectivity index is 1.74. The standard InChI is InChI=1S/C17H25N3O2/c1-22-11-10-19-9-3-6-17(14-19)7-5-16(21)20(17)13-15-4-2-8-18-12-15/h2,4,8,12H,3,5-7,9-11,13-14H2,1H3. The zero-order chi connectivity index (χ0) is 15.4. The SMILES string of the molecule is COCCN1CCCC2(CCC(=O)N2Cc2cccnc2)C1. The van der Waals surface area contributed by atoms with Gasteiger partial charge in [-0.1, -0.05) is 6.07 Å². The van der Waals surface area contributed by atoms with Gasteiger partial charge in [0, 0.05) is 45.6 Å². The van der Waals surface area contributed by atoms with E-state index >= 15 is 0 Å². The summed E-state index contributed by atoms with van der Waals surface area (Å²) in [5.74, 6) is 0.289. The Labute approximate surface area is 132 Å². The number of likely N-dealkylation sites (tertiary alicyclic amines) is 2. The first-order valence-corrected chi connectivity index (χ1v) is 8.14. The van der Waals surface area contributed by atoms with Crippen molar-refractivity contribution in [2.45, 2.75) is 37.8 Å². The number of carbonyl (C=O) groups is 1. The van der Waals surface area contributed by atoms with Gasteiger partial charge in [0.1, 0.15) is 0 Å². The van der Waals surface area contributed by atoms with Gasteiger partial charge in [0.05, 0.1) is 12.1 Å². The first kappa shape index (κ1) is 15.4. The topological polar surface area (TPSA) is 45.7 Å². The van der Waals surface area contributed by atoms with E-state index in [2.05, 4.69) is 20.9 Å². The van der Waals surface area contributed by atoms with E-state index in [1.807, 2.05) is 12.3 Å². The lowest BCUT2D eigenvalue weighted by atomic mass is 9.86. The number of rotatable bonds is 5. The first-order valence-electron chi connectivity index (χ1n) is 8.14. The second-order valence-corrected chi connectivity index (χ2v) is 6.44. The number of ether oxygens (including phenoxy) is 1. The lowest BCUT2D eigenvalue weighted by Crippen LogP contribution is -2.56.